The lowest BCUT2D eigenvalue weighted by Gasteiger charge is -2.05. The summed E-state index contributed by atoms with van der Waals surface area (Å²) < 4.78 is 0. The number of hydrogen-bond donors (Lipinski definition) is 2. The average Bonchev–Trinajstić information content (AvgIpc) is 2.27. The van der Waals surface area contributed by atoms with Crippen LogP contribution in [0.4, 0.5) is 11.5 Å². The number of fused-ring (bicyclic) bond motifs is 1. The van der Waals surface area contributed by atoms with Crippen LogP contribution in [0.1, 0.15) is 0 Å². The summed E-state index contributed by atoms with van der Waals surface area (Å²) in [5.74, 6) is 0.854. The average molecular weight is 188 g/mol. The quantitative estimate of drug-likeness (QED) is 0.753. The van der Waals surface area contributed by atoms with Crippen LogP contribution in [-0.4, -0.2) is 24.1 Å². The summed E-state index contributed by atoms with van der Waals surface area (Å²) in [5.41, 5.74) is 2.01. The van der Waals surface area contributed by atoms with Crippen molar-refractivity contribution in [1.29, 1.82) is 0 Å². The molecule has 4 nitrogen and oxygen atoms in total. The number of benzene rings is 1. The van der Waals surface area contributed by atoms with Crippen molar-refractivity contribution in [3.63, 3.8) is 0 Å². The molecule has 0 unspecified atom stereocenters. The Morgan fingerprint density at radius 2 is 1.93 bits per heavy atom. The van der Waals surface area contributed by atoms with Gasteiger partial charge in [0.05, 0.1) is 5.52 Å². The third-order valence-corrected chi connectivity index (χ3v) is 2.16. The SMILES string of the molecule is CNc1ccc2ncnc(NC)c2c1. The van der Waals surface area contributed by atoms with Gasteiger partial charge in [-0.2, -0.15) is 0 Å². The Labute approximate surface area is 82.4 Å². The second-order valence-corrected chi connectivity index (χ2v) is 2.95. The second-order valence-electron chi connectivity index (χ2n) is 2.95. The molecular formula is C10H12N4. The van der Waals surface area contributed by atoms with E-state index in [0.29, 0.717) is 0 Å². The first-order valence-electron chi connectivity index (χ1n) is 4.45. The molecule has 0 bridgehead atoms. The number of nitrogens with one attached hydrogen (secondary N) is 2. The molecule has 0 aliphatic rings. The Morgan fingerprint density at radius 1 is 1.07 bits per heavy atom. The van der Waals surface area contributed by atoms with Crippen molar-refractivity contribution >= 4 is 22.4 Å². The van der Waals surface area contributed by atoms with Gasteiger partial charge in [-0.05, 0) is 18.2 Å². The Kier molecular flexibility index (Phi) is 2.18. The lowest BCUT2D eigenvalue weighted by molar-refractivity contribution is 1.21. The van der Waals surface area contributed by atoms with Crippen molar-refractivity contribution in [3.8, 4) is 0 Å². The second kappa shape index (κ2) is 3.49. The van der Waals surface area contributed by atoms with Crippen LogP contribution in [0.3, 0.4) is 0 Å². The molecule has 0 amide bonds. The van der Waals surface area contributed by atoms with Crippen LogP contribution in [0, 0.1) is 0 Å². The van der Waals surface area contributed by atoms with E-state index in [2.05, 4.69) is 20.6 Å². The predicted molar refractivity (Wildman–Crippen MR) is 58.6 cm³/mol. The van der Waals surface area contributed by atoms with E-state index in [-0.39, 0.29) is 0 Å². The third-order valence-electron chi connectivity index (χ3n) is 2.16. The minimum atomic E-state index is 0.854. The van der Waals surface area contributed by atoms with Gasteiger partial charge in [-0.15, -0.1) is 0 Å². The minimum absolute atomic E-state index is 0.854. The molecule has 4 heteroatoms. The highest BCUT2D eigenvalue weighted by Gasteiger charge is 2.01. The topological polar surface area (TPSA) is 49.8 Å². The maximum Gasteiger partial charge on any atom is 0.137 e. The van der Waals surface area contributed by atoms with Crippen molar-refractivity contribution in [2.75, 3.05) is 24.7 Å². The van der Waals surface area contributed by atoms with Gasteiger partial charge in [0.15, 0.2) is 0 Å². The van der Waals surface area contributed by atoms with Crippen molar-refractivity contribution in [3.05, 3.63) is 24.5 Å². The summed E-state index contributed by atoms with van der Waals surface area (Å²) in [4.78, 5) is 8.34. The van der Waals surface area contributed by atoms with Gasteiger partial charge in [0.25, 0.3) is 0 Å². The van der Waals surface area contributed by atoms with Gasteiger partial charge in [0.1, 0.15) is 12.1 Å². The summed E-state index contributed by atoms with van der Waals surface area (Å²) in [6.45, 7) is 0. The van der Waals surface area contributed by atoms with Gasteiger partial charge in [0, 0.05) is 25.2 Å². The molecule has 72 valence electrons. The normalized spacial score (nSPS) is 10.1. The molecule has 1 aromatic carbocycles. The summed E-state index contributed by atoms with van der Waals surface area (Å²) in [6.07, 6.45) is 1.56. The Bertz CT molecular complexity index is 453. The van der Waals surface area contributed by atoms with E-state index in [1.54, 1.807) is 6.33 Å². The Morgan fingerprint density at radius 3 is 2.64 bits per heavy atom. The van der Waals surface area contributed by atoms with Crippen molar-refractivity contribution in [2.24, 2.45) is 0 Å². The highest BCUT2D eigenvalue weighted by Crippen LogP contribution is 2.22. The highest BCUT2D eigenvalue weighted by atomic mass is 15.0. The lowest BCUT2D eigenvalue weighted by atomic mass is 10.2. The molecule has 14 heavy (non-hydrogen) atoms. The van der Waals surface area contributed by atoms with Gasteiger partial charge in [-0.1, -0.05) is 0 Å². The molecular weight excluding hydrogens is 176 g/mol. The molecule has 0 saturated carbocycles. The third kappa shape index (κ3) is 1.35. The summed E-state index contributed by atoms with van der Waals surface area (Å²) in [5, 5.41) is 7.16. The van der Waals surface area contributed by atoms with Crippen molar-refractivity contribution < 1.29 is 0 Å². The molecule has 0 fully saturated rings. The Hall–Kier alpha value is -1.84. The van der Waals surface area contributed by atoms with Gasteiger partial charge in [-0.3, -0.25) is 0 Å². The van der Waals surface area contributed by atoms with E-state index in [1.165, 1.54) is 0 Å². The molecule has 2 rings (SSSR count). The van der Waals surface area contributed by atoms with Crippen LogP contribution >= 0.6 is 0 Å². The van der Waals surface area contributed by atoms with Crippen LogP contribution in [0.2, 0.25) is 0 Å². The number of nitrogens with zero attached hydrogens (tertiary/aromatic N) is 2. The Balaban J connectivity index is 2.70. The van der Waals surface area contributed by atoms with Gasteiger partial charge >= 0.3 is 0 Å². The largest absolute Gasteiger partial charge is 0.388 e. The van der Waals surface area contributed by atoms with E-state index in [9.17, 15) is 0 Å². The van der Waals surface area contributed by atoms with E-state index < -0.39 is 0 Å². The molecule has 0 radical (unpaired) electrons. The molecule has 0 atom stereocenters. The zero-order valence-electron chi connectivity index (χ0n) is 8.20. The van der Waals surface area contributed by atoms with Crippen LogP contribution in [-0.2, 0) is 0 Å². The van der Waals surface area contributed by atoms with Gasteiger partial charge in [0.2, 0.25) is 0 Å². The molecule has 2 N–H and O–H groups in total. The van der Waals surface area contributed by atoms with E-state index in [1.807, 2.05) is 32.3 Å². The molecule has 2 aromatic rings. The number of hydrogen-bond acceptors (Lipinski definition) is 4. The smallest absolute Gasteiger partial charge is 0.137 e. The zero-order valence-corrected chi connectivity index (χ0v) is 8.20. The fourth-order valence-corrected chi connectivity index (χ4v) is 1.41. The van der Waals surface area contributed by atoms with Gasteiger partial charge < -0.3 is 10.6 Å². The predicted octanol–water partition coefficient (Wildman–Crippen LogP) is 1.71. The molecule has 0 saturated heterocycles. The number of rotatable bonds is 2. The van der Waals surface area contributed by atoms with Crippen LogP contribution < -0.4 is 10.6 Å². The molecule has 0 spiro atoms. The van der Waals surface area contributed by atoms with Crippen LogP contribution in [0.25, 0.3) is 10.9 Å². The van der Waals surface area contributed by atoms with Crippen molar-refractivity contribution in [1.82, 2.24) is 9.97 Å². The number of aromatic nitrogens is 2. The molecule has 0 aliphatic carbocycles. The van der Waals surface area contributed by atoms with Gasteiger partial charge in [-0.25, -0.2) is 9.97 Å². The minimum Gasteiger partial charge on any atom is -0.388 e. The lowest BCUT2D eigenvalue weighted by Crippen LogP contribution is -1.95. The monoisotopic (exact) mass is 188 g/mol. The highest BCUT2D eigenvalue weighted by molar-refractivity contribution is 5.91. The number of anilines is 2. The first-order chi connectivity index (χ1) is 6.85. The van der Waals surface area contributed by atoms with E-state index in [0.717, 1.165) is 22.4 Å². The van der Waals surface area contributed by atoms with Crippen LogP contribution in [0.15, 0.2) is 24.5 Å². The van der Waals surface area contributed by atoms with E-state index >= 15 is 0 Å². The van der Waals surface area contributed by atoms with Crippen molar-refractivity contribution in [2.45, 2.75) is 0 Å². The maximum atomic E-state index is 4.19. The first-order valence-corrected chi connectivity index (χ1v) is 4.45. The summed E-state index contributed by atoms with van der Waals surface area (Å²) >= 11 is 0. The summed E-state index contributed by atoms with van der Waals surface area (Å²) in [6, 6.07) is 6.00. The van der Waals surface area contributed by atoms with E-state index in [4.69, 9.17) is 0 Å². The standard InChI is InChI=1S/C10H12N4/c1-11-7-3-4-9-8(5-7)10(12-2)14-6-13-9/h3-6,11H,1-2H3,(H,12,13,14). The first kappa shape index (κ1) is 8.74. The zero-order chi connectivity index (χ0) is 9.97. The maximum absolute atomic E-state index is 4.19. The summed E-state index contributed by atoms with van der Waals surface area (Å²) in [7, 11) is 3.75. The fraction of sp³-hybridized carbons (Fsp3) is 0.200. The fourth-order valence-electron chi connectivity index (χ4n) is 1.41. The van der Waals surface area contributed by atoms with Crippen LogP contribution in [0.5, 0.6) is 0 Å². The molecule has 0 aliphatic heterocycles. The molecule has 1 heterocycles. The molecule has 1 aromatic heterocycles.